The number of hydrogen-bond acceptors (Lipinski definition) is 4. The van der Waals surface area contributed by atoms with Crippen molar-refractivity contribution in [1.29, 1.82) is 0 Å². The number of nitrogens with one attached hydrogen (secondary N) is 1. The quantitative estimate of drug-likeness (QED) is 0.754. The Morgan fingerprint density at radius 1 is 1.08 bits per heavy atom. The van der Waals surface area contributed by atoms with E-state index in [1.165, 1.54) is 19.2 Å². The van der Waals surface area contributed by atoms with Gasteiger partial charge in [-0.3, -0.25) is 0 Å². The summed E-state index contributed by atoms with van der Waals surface area (Å²) >= 11 is 0. The standard InChI is InChI=1S/C18H17FN2O3/c1-23-15-6-4-3-5-12(15)14-10-20-18(21-14)17(22)11-7-8-16(24-2)13(19)9-11/h3-10,17,22H,1-2H3,(H,20,21). The molecule has 1 atom stereocenters. The van der Waals surface area contributed by atoms with Crippen LogP contribution in [0.3, 0.4) is 0 Å². The lowest BCUT2D eigenvalue weighted by atomic mass is 10.1. The van der Waals surface area contributed by atoms with Crippen LogP contribution in [0.5, 0.6) is 11.5 Å². The highest BCUT2D eigenvalue weighted by Gasteiger charge is 2.17. The maximum Gasteiger partial charge on any atom is 0.165 e. The van der Waals surface area contributed by atoms with E-state index in [0.717, 1.165) is 5.56 Å². The van der Waals surface area contributed by atoms with E-state index >= 15 is 0 Å². The van der Waals surface area contributed by atoms with E-state index in [4.69, 9.17) is 9.47 Å². The molecule has 0 saturated carbocycles. The zero-order valence-electron chi connectivity index (χ0n) is 13.3. The van der Waals surface area contributed by atoms with Crippen LogP contribution in [0.4, 0.5) is 4.39 Å². The lowest BCUT2D eigenvalue weighted by molar-refractivity contribution is 0.210. The van der Waals surface area contributed by atoms with Crippen LogP contribution in [0, 0.1) is 5.82 Å². The maximum absolute atomic E-state index is 13.8. The van der Waals surface area contributed by atoms with Crippen molar-refractivity contribution >= 4 is 0 Å². The summed E-state index contributed by atoms with van der Waals surface area (Å²) in [5, 5.41) is 10.4. The fraction of sp³-hybridized carbons (Fsp3) is 0.167. The molecule has 0 amide bonds. The molecule has 0 spiro atoms. The molecule has 0 radical (unpaired) electrons. The summed E-state index contributed by atoms with van der Waals surface area (Å²) in [6.07, 6.45) is 0.532. The van der Waals surface area contributed by atoms with E-state index in [1.54, 1.807) is 19.4 Å². The monoisotopic (exact) mass is 328 g/mol. The Balaban J connectivity index is 1.91. The molecule has 0 saturated heterocycles. The number of aliphatic hydroxyl groups excluding tert-OH is 1. The summed E-state index contributed by atoms with van der Waals surface area (Å²) in [5.41, 5.74) is 1.91. The smallest absolute Gasteiger partial charge is 0.165 e. The van der Waals surface area contributed by atoms with Crippen LogP contribution in [0.25, 0.3) is 11.3 Å². The van der Waals surface area contributed by atoms with Gasteiger partial charge in [-0.15, -0.1) is 0 Å². The van der Waals surface area contributed by atoms with Gasteiger partial charge in [-0.1, -0.05) is 18.2 Å². The van der Waals surface area contributed by atoms with E-state index in [-0.39, 0.29) is 5.75 Å². The van der Waals surface area contributed by atoms with Crippen LogP contribution in [0.15, 0.2) is 48.7 Å². The van der Waals surface area contributed by atoms with Gasteiger partial charge in [-0.2, -0.15) is 0 Å². The number of imidazole rings is 1. The third-order valence-electron chi connectivity index (χ3n) is 3.74. The predicted molar refractivity (Wildman–Crippen MR) is 87.6 cm³/mol. The van der Waals surface area contributed by atoms with Crippen molar-refractivity contribution in [3.05, 3.63) is 65.9 Å². The van der Waals surface area contributed by atoms with Crippen molar-refractivity contribution in [2.45, 2.75) is 6.10 Å². The van der Waals surface area contributed by atoms with Crippen LogP contribution in [-0.2, 0) is 0 Å². The summed E-state index contributed by atoms with van der Waals surface area (Å²) in [6.45, 7) is 0. The first-order valence-corrected chi connectivity index (χ1v) is 7.34. The first-order valence-electron chi connectivity index (χ1n) is 7.34. The van der Waals surface area contributed by atoms with E-state index in [0.29, 0.717) is 22.8 Å². The highest BCUT2D eigenvalue weighted by molar-refractivity contribution is 5.66. The Hall–Kier alpha value is -2.86. The van der Waals surface area contributed by atoms with Crippen molar-refractivity contribution in [1.82, 2.24) is 9.97 Å². The summed E-state index contributed by atoms with van der Waals surface area (Å²) in [5.74, 6) is 0.601. The highest BCUT2D eigenvalue weighted by atomic mass is 19.1. The largest absolute Gasteiger partial charge is 0.496 e. The highest BCUT2D eigenvalue weighted by Crippen LogP contribution is 2.30. The Bertz CT molecular complexity index is 848. The number of H-pyrrole nitrogens is 1. The second-order valence-corrected chi connectivity index (χ2v) is 5.18. The topological polar surface area (TPSA) is 67.4 Å². The van der Waals surface area contributed by atoms with Gasteiger partial charge in [0, 0.05) is 5.56 Å². The molecule has 1 unspecified atom stereocenters. The van der Waals surface area contributed by atoms with E-state index in [2.05, 4.69) is 9.97 Å². The van der Waals surface area contributed by atoms with Crippen LogP contribution in [-0.4, -0.2) is 29.3 Å². The van der Waals surface area contributed by atoms with E-state index in [1.807, 2.05) is 24.3 Å². The van der Waals surface area contributed by atoms with Crippen LogP contribution < -0.4 is 9.47 Å². The van der Waals surface area contributed by atoms with Crippen LogP contribution in [0.1, 0.15) is 17.5 Å². The van der Waals surface area contributed by atoms with Crippen molar-refractivity contribution in [3.8, 4) is 22.8 Å². The lowest BCUT2D eigenvalue weighted by Gasteiger charge is -2.10. The third-order valence-corrected chi connectivity index (χ3v) is 3.74. The number of halogens is 1. The molecule has 24 heavy (non-hydrogen) atoms. The molecule has 6 heteroatoms. The van der Waals surface area contributed by atoms with Crippen molar-refractivity contribution in [3.63, 3.8) is 0 Å². The Kier molecular flexibility index (Phi) is 4.48. The van der Waals surface area contributed by atoms with Gasteiger partial charge in [0.05, 0.1) is 26.1 Å². The van der Waals surface area contributed by atoms with Gasteiger partial charge < -0.3 is 19.6 Å². The molecule has 0 aliphatic heterocycles. The van der Waals surface area contributed by atoms with Gasteiger partial charge >= 0.3 is 0 Å². The average Bonchev–Trinajstić information content (AvgIpc) is 3.10. The van der Waals surface area contributed by atoms with Crippen molar-refractivity contribution in [2.24, 2.45) is 0 Å². The third kappa shape index (κ3) is 2.96. The molecule has 5 nitrogen and oxygen atoms in total. The Morgan fingerprint density at radius 3 is 2.54 bits per heavy atom. The Labute approximate surface area is 138 Å². The van der Waals surface area contributed by atoms with Gasteiger partial charge in [0.25, 0.3) is 0 Å². The first-order chi connectivity index (χ1) is 11.6. The molecule has 1 heterocycles. The maximum atomic E-state index is 13.8. The number of aromatic amines is 1. The van der Waals surface area contributed by atoms with Crippen LogP contribution >= 0.6 is 0 Å². The second-order valence-electron chi connectivity index (χ2n) is 5.18. The number of methoxy groups -OCH3 is 2. The molecule has 3 aromatic rings. The summed E-state index contributed by atoms with van der Waals surface area (Å²) < 4.78 is 24.0. The van der Waals surface area contributed by atoms with Gasteiger partial charge in [-0.05, 0) is 29.8 Å². The molecule has 0 fully saturated rings. The minimum absolute atomic E-state index is 0.125. The molecule has 2 N–H and O–H groups in total. The summed E-state index contributed by atoms with van der Waals surface area (Å²) in [7, 11) is 2.98. The van der Waals surface area contributed by atoms with Gasteiger partial charge in [-0.25, -0.2) is 9.37 Å². The minimum atomic E-state index is -1.08. The molecular weight excluding hydrogens is 311 g/mol. The molecule has 0 aliphatic rings. The molecular formula is C18H17FN2O3. The SMILES string of the molecule is COc1ccc(C(O)c2ncc(-c3ccccc3OC)[nH]2)cc1F. The number of para-hydroxylation sites is 1. The second kappa shape index (κ2) is 6.72. The normalized spacial score (nSPS) is 12.0. The molecule has 3 rings (SSSR count). The molecule has 2 aromatic carbocycles. The minimum Gasteiger partial charge on any atom is -0.496 e. The van der Waals surface area contributed by atoms with E-state index < -0.39 is 11.9 Å². The Morgan fingerprint density at radius 2 is 1.83 bits per heavy atom. The number of nitrogens with zero attached hydrogens (tertiary/aromatic N) is 1. The zero-order valence-corrected chi connectivity index (χ0v) is 13.3. The summed E-state index contributed by atoms with van der Waals surface area (Å²) in [4.78, 5) is 7.26. The molecule has 0 aliphatic carbocycles. The lowest BCUT2D eigenvalue weighted by Crippen LogP contribution is -2.03. The van der Waals surface area contributed by atoms with Gasteiger partial charge in [0.2, 0.25) is 0 Å². The first kappa shape index (κ1) is 16.0. The number of aliphatic hydroxyl groups is 1. The van der Waals surface area contributed by atoms with Crippen molar-refractivity contribution < 1.29 is 19.0 Å². The summed E-state index contributed by atoms with van der Waals surface area (Å²) in [6, 6.07) is 11.8. The molecule has 124 valence electrons. The number of aromatic nitrogens is 2. The van der Waals surface area contributed by atoms with E-state index in [9.17, 15) is 9.50 Å². The zero-order chi connectivity index (χ0) is 17.1. The van der Waals surface area contributed by atoms with Gasteiger partial charge in [0.1, 0.15) is 17.7 Å². The predicted octanol–water partition coefficient (Wildman–Crippen LogP) is 3.31. The number of hydrogen-bond donors (Lipinski definition) is 2. The fourth-order valence-corrected chi connectivity index (χ4v) is 2.49. The molecule has 0 bridgehead atoms. The van der Waals surface area contributed by atoms with Crippen molar-refractivity contribution in [2.75, 3.05) is 14.2 Å². The average molecular weight is 328 g/mol. The number of rotatable bonds is 5. The number of benzene rings is 2. The van der Waals surface area contributed by atoms with Gasteiger partial charge in [0.15, 0.2) is 11.6 Å². The number of ether oxygens (including phenoxy) is 2. The fourth-order valence-electron chi connectivity index (χ4n) is 2.49. The van der Waals surface area contributed by atoms with Crippen LogP contribution in [0.2, 0.25) is 0 Å². The molecule has 1 aromatic heterocycles.